The normalized spacial score (nSPS) is 13.0. The van der Waals surface area contributed by atoms with Crippen molar-refractivity contribution in [2.24, 2.45) is 0 Å². The van der Waals surface area contributed by atoms with Gasteiger partial charge in [0.25, 0.3) is 5.95 Å². The lowest BCUT2D eigenvalue weighted by molar-refractivity contribution is 0.776. The first kappa shape index (κ1) is 20.3. The van der Waals surface area contributed by atoms with Crippen molar-refractivity contribution in [2.75, 3.05) is 23.7 Å². The Morgan fingerprint density at radius 1 is 1.07 bits per heavy atom. The summed E-state index contributed by atoms with van der Waals surface area (Å²) < 4.78 is 1.67. The molecule has 1 saturated heterocycles. The second kappa shape index (κ2) is 8.74. The number of nitrogens with two attached hydrogens (primary N) is 1. The van der Waals surface area contributed by atoms with E-state index in [1.54, 1.807) is 4.68 Å². The summed E-state index contributed by atoms with van der Waals surface area (Å²) in [7, 11) is 0. The predicted octanol–water partition coefficient (Wildman–Crippen LogP) is 3.53. The molecule has 29 heavy (non-hydrogen) atoms. The van der Waals surface area contributed by atoms with Gasteiger partial charge in [-0.2, -0.15) is 10.1 Å². The zero-order valence-electron chi connectivity index (χ0n) is 17.5. The number of pyridine rings is 1. The number of aryl methyl sites for hydroxylation is 2. The van der Waals surface area contributed by atoms with E-state index in [4.69, 9.17) is 17.1 Å². The van der Waals surface area contributed by atoms with Gasteiger partial charge >= 0.3 is 0 Å². The molecule has 7 nitrogen and oxygen atoms in total. The van der Waals surface area contributed by atoms with Crippen LogP contribution in [-0.4, -0.2) is 37.8 Å². The van der Waals surface area contributed by atoms with Crippen LogP contribution in [0.25, 0.3) is 17.3 Å². The van der Waals surface area contributed by atoms with Crippen LogP contribution in [0.15, 0.2) is 24.3 Å². The van der Waals surface area contributed by atoms with Gasteiger partial charge in [0.05, 0.1) is 17.0 Å². The summed E-state index contributed by atoms with van der Waals surface area (Å²) in [6, 6.07) is 7.84. The molecule has 0 bridgehead atoms. The minimum atomic E-state index is 0.249. The van der Waals surface area contributed by atoms with Gasteiger partial charge in [-0.1, -0.05) is 25.8 Å². The SMILES string of the molecule is C#Cc1c(N)nc(-n2nc(C)cc2C)nc1-c1cccc(N2CCCC2)n1.CC. The first-order valence-corrected chi connectivity index (χ1v) is 9.97. The second-order valence-electron chi connectivity index (χ2n) is 6.69. The summed E-state index contributed by atoms with van der Waals surface area (Å²) in [5.41, 5.74) is 9.64. The highest BCUT2D eigenvalue weighted by molar-refractivity contribution is 5.71. The monoisotopic (exact) mass is 389 g/mol. The minimum Gasteiger partial charge on any atom is -0.382 e. The van der Waals surface area contributed by atoms with Gasteiger partial charge in [0.1, 0.15) is 17.3 Å². The van der Waals surface area contributed by atoms with Crippen LogP contribution in [0.3, 0.4) is 0 Å². The smallest absolute Gasteiger partial charge is 0.253 e. The third-order valence-electron chi connectivity index (χ3n) is 4.68. The summed E-state index contributed by atoms with van der Waals surface area (Å²) in [6.45, 7) is 9.90. The molecule has 0 aliphatic carbocycles. The maximum Gasteiger partial charge on any atom is 0.253 e. The molecule has 150 valence electrons. The van der Waals surface area contributed by atoms with Crippen molar-refractivity contribution in [1.29, 1.82) is 0 Å². The first-order valence-electron chi connectivity index (χ1n) is 9.97. The van der Waals surface area contributed by atoms with E-state index in [1.165, 1.54) is 12.8 Å². The zero-order chi connectivity index (χ0) is 21.0. The van der Waals surface area contributed by atoms with E-state index < -0.39 is 0 Å². The van der Waals surface area contributed by atoms with Crippen LogP contribution in [0, 0.1) is 26.2 Å². The second-order valence-corrected chi connectivity index (χ2v) is 6.69. The fraction of sp³-hybridized carbons (Fsp3) is 0.364. The van der Waals surface area contributed by atoms with E-state index in [2.05, 4.69) is 25.9 Å². The minimum absolute atomic E-state index is 0.249. The topological polar surface area (TPSA) is 85.8 Å². The Hall–Kier alpha value is -3.40. The molecule has 0 unspecified atom stereocenters. The Labute approximate surface area is 172 Å². The Bertz CT molecular complexity index is 1040. The highest BCUT2D eigenvalue weighted by atomic mass is 15.4. The van der Waals surface area contributed by atoms with E-state index in [-0.39, 0.29) is 5.82 Å². The average Bonchev–Trinajstić information content (AvgIpc) is 3.38. The zero-order valence-corrected chi connectivity index (χ0v) is 17.5. The Kier molecular flexibility index (Phi) is 6.13. The number of aromatic nitrogens is 5. The molecule has 0 spiro atoms. The molecule has 3 aromatic rings. The van der Waals surface area contributed by atoms with Crippen LogP contribution in [-0.2, 0) is 0 Å². The number of terminal acetylenes is 1. The third kappa shape index (κ3) is 4.06. The summed E-state index contributed by atoms with van der Waals surface area (Å²) in [5.74, 6) is 4.18. The summed E-state index contributed by atoms with van der Waals surface area (Å²) in [6.07, 6.45) is 8.07. The maximum absolute atomic E-state index is 6.15. The van der Waals surface area contributed by atoms with Crippen molar-refractivity contribution >= 4 is 11.6 Å². The summed E-state index contributed by atoms with van der Waals surface area (Å²) >= 11 is 0. The molecule has 1 aliphatic heterocycles. The summed E-state index contributed by atoms with van der Waals surface area (Å²) in [4.78, 5) is 16.1. The Morgan fingerprint density at radius 3 is 2.41 bits per heavy atom. The highest BCUT2D eigenvalue weighted by Gasteiger charge is 2.19. The highest BCUT2D eigenvalue weighted by Crippen LogP contribution is 2.27. The summed E-state index contributed by atoms with van der Waals surface area (Å²) in [5, 5.41) is 4.45. The molecule has 0 amide bonds. The molecule has 0 atom stereocenters. The van der Waals surface area contributed by atoms with Gasteiger partial charge in [-0.15, -0.1) is 6.42 Å². The maximum atomic E-state index is 6.15. The van der Waals surface area contributed by atoms with Crippen molar-refractivity contribution in [1.82, 2.24) is 24.7 Å². The fourth-order valence-electron chi connectivity index (χ4n) is 3.40. The van der Waals surface area contributed by atoms with Gasteiger partial charge in [0.15, 0.2) is 0 Å². The van der Waals surface area contributed by atoms with Crippen LogP contribution in [0.1, 0.15) is 43.6 Å². The largest absolute Gasteiger partial charge is 0.382 e. The van der Waals surface area contributed by atoms with Crippen LogP contribution in [0.2, 0.25) is 0 Å². The lowest BCUT2D eigenvalue weighted by Crippen LogP contribution is -2.19. The number of nitrogens with zero attached hydrogens (tertiary/aromatic N) is 6. The molecular weight excluding hydrogens is 362 g/mol. The number of anilines is 2. The standard InChI is InChI=1S/C20H21N7.C2H6/c1-4-15-18(16-8-7-9-17(22-16)26-10-5-6-11-26)23-20(24-19(15)21)27-14(3)12-13(2)25-27;1-2/h1,7-9,12H,5-6,10-11H2,2-3H3,(H2,21,23,24);1-2H3. The third-order valence-corrected chi connectivity index (χ3v) is 4.68. The molecule has 0 saturated carbocycles. The van der Waals surface area contributed by atoms with E-state index >= 15 is 0 Å². The van der Waals surface area contributed by atoms with Gasteiger partial charge in [-0.25, -0.2) is 14.6 Å². The number of nitrogen functional groups attached to an aromatic ring is 1. The van der Waals surface area contributed by atoms with Crippen LogP contribution < -0.4 is 10.6 Å². The Morgan fingerprint density at radius 2 is 1.79 bits per heavy atom. The van der Waals surface area contributed by atoms with E-state index in [1.807, 2.05) is 52.0 Å². The molecule has 4 rings (SSSR count). The van der Waals surface area contributed by atoms with Crippen LogP contribution in [0.5, 0.6) is 0 Å². The predicted molar refractivity (Wildman–Crippen MR) is 117 cm³/mol. The number of rotatable bonds is 3. The molecular formula is C22H27N7. The molecule has 2 N–H and O–H groups in total. The molecule has 1 fully saturated rings. The molecule has 7 heteroatoms. The van der Waals surface area contributed by atoms with E-state index in [9.17, 15) is 0 Å². The van der Waals surface area contributed by atoms with Gasteiger partial charge in [-0.05, 0) is 44.9 Å². The molecule has 1 aliphatic rings. The van der Waals surface area contributed by atoms with Gasteiger partial charge in [0, 0.05) is 18.8 Å². The van der Waals surface area contributed by atoms with E-state index in [0.29, 0.717) is 22.9 Å². The van der Waals surface area contributed by atoms with Crippen molar-refractivity contribution < 1.29 is 0 Å². The van der Waals surface area contributed by atoms with Crippen LogP contribution >= 0.6 is 0 Å². The van der Waals surface area contributed by atoms with Crippen LogP contribution in [0.4, 0.5) is 11.6 Å². The van der Waals surface area contributed by atoms with Gasteiger partial charge in [0.2, 0.25) is 0 Å². The molecule has 4 heterocycles. The van der Waals surface area contributed by atoms with Crippen molar-refractivity contribution in [3.05, 3.63) is 41.2 Å². The molecule has 0 radical (unpaired) electrons. The van der Waals surface area contributed by atoms with Crippen molar-refractivity contribution in [2.45, 2.75) is 40.5 Å². The lowest BCUT2D eigenvalue weighted by Gasteiger charge is -2.17. The van der Waals surface area contributed by atoms with Crippen molar-refractivity contribution in [3.63, 3.8) is 0 Å². The van der Waals surface area contributed by atoms with E-state index in [0.717, 1.165) is 30.3 Å². The van der Waals surface area contributed by atoms with Gasteiger partial charge in [-0.3, -0.25) is 0 Å². The fourth-order valence-corrected chi connectivity index (χ4v) is 3.40. The molecule has 3 aromatic heterocycles. The number of hydrogen-bond donors (Lipinski definition) is 1. The first-order chi connectivity index (χ1) is 14.1. The number of hydrogen-bond acceptors (Lipinski definition) is 6. The quantitative estimate of drug-likeness (QED) is 0.690. The van der Waals surface area contributed by atoms with Gasteiger partial charge < -0.3 is 10.6 Å². The molecule has 0 aromatic carbocycles. The lowest BCUT2D eigenvalue weighted by atomic mass is 10.1. The van der Waals surface area contributed by atoms with Crippen molar-refractivity contribution in [3.8, 4) is 29.7 Å². The Balaban J connectivity index is 0.00000117. The average molecular weight is 390 g/mol.